The smallest absolute Gasteiger partial charge is 0.161 e. The van der Waals surface area contributed by atoms with Crippen LogP contribution in [0.1, 0.15) is 30.2 Å². The first kappa shape index (κ1) is 19.1. The molecule has 0 spiro atoms. The molecule has 1 aromatic heterocycles. The van der Waals surface area contributed by atoms with E-state index in [4.69, 9.17) is 21.6 Å². The zero-order valence-electron chi connectivity index (χ0n) is 16.7. The molecule has 0 saturated carbocycles. The van der Waals surface area contributed by atoms with E-state index in [1.165, 1.54) is 5.57 Å². The van der Waals surface area contributed by atoms with Crippen molar-refractivity contribution in [1.82, 2.24) is 9.97 Å². The number of aromatic nitrogens is 2. The predicted octanol–water partition coefficient (Wildman–Crippen LogP) is 4.92. The highest BCUT2D eigenvalue weighted by atomic mass is 35.5. The van der Waals surface area contributed by atoms with Gasteiger partial charge in [-0.1, -0.05) is 29.8 Å². The van der Waals surface area contributed by atoms with Gasteiger partial charge in [0.1, 0.15) is 5.82 Å². The van der Waals surface area contributed by atoms with Crippen molar-refractivity contribution in [3.63, 3.8) is 0 Å². The Balaban J connectivity index is 1.61. The molecule has 30 heavy (non-hydrogen) atoms. The van der Waals surface area contributed by atoms with Gasteiger partial charge in [-0.05, 0) is 55.7 Å². The summed E-state index contributed by atoms with van der Waals surface area (Å²) in [7, 11) is 0. The maximum Gasteiger partial charge on any atom is 0.161 e. The number of para-hydroxylation sites is 1. The number of nitrogens with zero attached hydrogens (tertiary/aromatic N) is 2. The van der Waals surface area contributed by atoms with Gasteiger partial charge in [0, 0.05) is 46.1 Å². The molecule has 1 aliphatic heterocycles. The van der Waals surface area contributed by atoms with Crippen LogP contribution in [0.15, 0.2) is 54.1 Å². The van der Waals surface area contributed by atoms with Gasteiger partial charge in [-0.15, -0.1) is 0 Å². The van der Waals surface area contributed by atoms with Gasteiger partial charge in [0.15, 0.2) is 5.82 Å². The zero-order valence-corrected chi connectivity index (χ0v) is 17.5. The first-order valence-electron chi connectivity index (χ1n) is 10.2. The average Bonchev–Trinajstić information content (AvgIpc) is 2.75. The molecule has 1 atom stereocenters. The first-order valence-corrected chi connectivity index (χ1v) is 10.6. The molecule has 3 N–H and O–H groups in total. The largest absolute Gasteiger partial charge is 0.393 e. The lowest BCUT2D eigenvalue weighted by atomic mass is 9.93. The van der Waals surface area contributed by atoms with Crippen molar-refractivity contribution in [3.8, 4) is 11.4 Å². The summed E-state index contributed by atoms with van der Waals surface area (Å²) in [6, 6.07) is 15.8. The second kappa shape index (κ2) is 7.74. The van der Waals surface area contributed by atoms with E-state index in [1.807, 2.05) is 36.4 Å². The van der Waals surface area contributed by atoms with E-state index in [0.29, 0.717) is 17.3 Å². The molecule has 2 aromatic carbocycles. The third-order valence-electron chi connectivity index (χ3n) is 5.76. The summed E-state index contributed by atoms with van der Waals surface area (Å²) < 4.78 is 0. The molecule has 1 aliphatic carbocycles. The number of aliphatic hydroxyl groups is 1. The Morgan fingerprint density at radius 1 is 1.10 bits per heavy atom. The minimum atomic E-state index is -0.362. The van der Waals surface area contributed by atoms with Gasteiger partial charge in [-0.2, -0.15) is 0 Å². The zero-order chi connectivity index (χ0) is 20.7. The molecule has 6 heteroatoms. The highest BCUT2D eigenvalue weighted by Crippen LogP contribution is 2.35. The number of halogens is 1. The van der Waals surface area contributed by atoms with Gasteiger partial charge in [0.2, 0.25) is 0 Å². The maximum absolute atomic E-state index is 10.2. The van der Waals surface area contributed by atoms with E-state index >= 15 is 0 Å². The van der Waals surface area contributed by atoms with Crippen molar-refractivity contribution in [2.45, 2.75) is 32.3 Å². The molecule has 3 aromatic rings. The third kappa shape index (κ3) is 3.55. The van der Waals surface area contributed by atoms with Crippen LogP contribution in [0.5, 0.6) is 0 Å². The number of hydrogen-bond donors (Lipinski definition) is 3. The lowest BCUT2D eigenvalue weighted by molar-refractivity contribution is 0.157. The van der Waals surface area contributed by atoms with Crippen LogP contribution >= 0.6 is 11.6 Å². The van der Waals surface area contributed by atoms with Crippen LogP contribution in [0.4, 0.5) is 11.5 Å². The Kier molecular flexibility index (Phi) is 4.93. The van der Waals surface area contributed by atoms with Crippen LogP contribution in [-0.2, 0) is 12.8 Å². The Hall–Kier alpha value is -2.89. The normalized spacial score (nSPS) is 17.8. The van der Waals surface area contributed by atoms with E-state index < -0.39 is 0 Å². The van der Waals surface area contributed by atoms with Crippen molar-refractivity contribution in [3.05, 3.63) is 75.9 Å². The molecular formula is C24H23ClN4O. The second-order valence-electron chi connectivity index (χ2n) is 7.90. The Morgan fingerprint density at radius 3 is 2.73 bits per heavy atom. The molecule has 2 aliphatic rings. The molecular weight excluding hydrogens is 396 g/mol. The molecule has 5 rings (SSSR count). The molecule has 0 fully saturated rings. The van der Waals surface area contributed by atoms with Crippen molar-refractivity contribution in [2.75, 3.05) is 17.2 Å². The number of aliphatic hydroxyl groups excluding tert-OH is 1. The van der Waals surface area contributed by atoms with Crippen LogP contribution < -0.4 is 10.6 Å². The lowest BCUT2D eigenvalue weighted by Crippen LogP contribution is -2.23. The van der Waals surface area contributed by atoms with Gasteiger partial charge < -0.3 is 15.7 Å². The number of fused-ring (bicyclic) bond motifs is 2. The molecule has 2 heterocycles. The van der Waals surface area contributed by atoms with Crippen LogP contribution in [0.2, 0.25) is 5.02 Å². The van der Waals surface area contributed by atoms with Crippen molar-refractivity contribution in [1.29, 1.82) is 0 Å². The highest BCUT2D eigenvalue weighted by Gasteiger charge is 2.25. The number of rotatable bonds is 3. The molecule has 0 bridgehead atoms. The molecule has 5 nitrogen and oxygen atoms in total. The van der Waals surface area contributed by atoms with E-state index in [2.05, 4.69) is 29.7 Å². The van der Waals surface area contributed by atoms with E-state index in [0.717, 1.165) is 59.0 Å². The topological polar surface area (TPSA) is 70.1 Å². The minimum absolute atomic E-state index is 0.362. The molecule has 0 radical (unpaired) electrons. The molecule has 0 amide bonds. The quantitative estimate of drug-likeness (QED) is 0.563. The van der Waals surface area contributed by atoms with Crippen molar-refractivity contribution < 1.29 is 5.11 Å². The summed E-state index contributed by atoms with van der Waals surface area (Å²) in [5.74, 6) is 1.46. The SMILES string of the molecule is CC1=C(Nc2nc(-c3ccc(Cl)cc3)nc3c2CCC(O)C3)c2ccccc2NC1. The lowest BCUT2D eigenvalue weighted by Gasteiger charge is -2.27. The fraction of sp³-hybridized carbons (Fsp3) is 0.250. The van der Waals surface area contributed by atoms with Crippen LogP contribution in [0.25, 0.3) is 17.1 Å². The summed E-state index contributed by atoms with van der Waals surface area (Å²) in [4.78, 5) is 9.71. The first-order chi connectivity index (χ1) is 14.6. The maximum atomic E-state index is 10.2. The number of hydrogen-bond acceptors (Lipinski definition) is 5. The third-order valence-corrected chi connectivity index (χ3v) is 6.01. The Morgan fingerprint density at radius 2 is 1.90 bits per heavy atom. The molecule has 1 unspecified atom stereocenters. The predicted molar refractivity (Wildman–Crippen MR) is 122 cm³/mol. The van der Waals surface area contributed by atoms with Gasteiger partial charge in [0.25, 0.3) is 0 Å². The van der Waals surface area contributed by atoms with Gasteiger partial charge in [0.05, 0.1) is 11.8 Å². The van der Waals surface area contributed by atoms with Crippen LogP contribution in [0.3, 0.4) is 0 Å². The summed E-state index contributed by atoms with van der Waals surface area (Å²) in [5.41, 5.74) is 7.47. The summed E-state index contributed by atoms with van der Waals surface area (Å²) in [6.07, 6.45) is 1.66. The molecule has 152 valence electrons. The molecule has 0 saturated heterocycles. The standard InChI is InChI=1S/C24H23ClN4O/c1-14-13-26-20-5-3-2-4-18(20)22(14)28-24-19-11-10-17(30)12-21(19)27-23(29-24)15-6-8-16(25)9-7-15/h2-9,17,26,30H,10-13H2,1H3,(H,27,28,29). The monoisotopic (exact) mass is 418 g/mol. The van der Waals surface area contributed by atoms with E-state index in [1.54, 1.807) is 0 Å². The Bertz CT molecular complexity index is 1140. The Labute approximate surface area is 180 Å². The van der Waals surface area contributed by atoms with Gasteiger partial charge in [-0.3, -0.25) is 0 Å². The minimum Gasteiger partial charge on any atom is -0.393 e. The van der Waals surface area contributed by atoms with Crippen molar-refractivity contribution >= 4 is 28.8 Å². The van der Waals surface area contributed by atoms with Crippen LogP contribution in [-0.4, -0.2) is 27.7 Å². The fourth-order valence-corrected chi connectivity index (χ4v) is 4.25. The van der Waals surface area contributed by atoms with Crippen molar-refractivity contribution in [2.24, 2.45) is 0 Å². The summed E-state index contributed by atoms with van der Waals surface area (Å²) in [5, 5.41) is 18.0. The van der Waals surface area contributed by atoms with Crippen LogP contribution in [0, 0.1) is 0 Å². The highest BCUT2D eigenvalue weighted by molar-refractivity contribution is 6.30. The summed E-state index contributed by atoms with van der Waals surface area (Å²) >= 11 is 6.06. The number of benzene rings is 2. The van der Waals surface area contributed by atoms with E-state index in [9.17, 15) is 5.11 Å². The fourth-order valence-electron chi connectivity index (χ4n) is 4.12. The van der Waals surface area contributed by atoms with E-state index in [-0.39, 0.29) is 6.10 Å². The van der Waals surface area contributed by atoms with Gasteiger partial charge in [-0.25, -0.2) is 9.97 Å². The number of nitrogens with one attached hydrogen (secondary N) is 2. The average molecular weight is 419 g/mol. The number of anilines is 2. The van der Waals surface area contributed by atoms with Gasteiger partial charge >= 0.3 is 0 Å². The second-order valence-corrected chi connectivity index (χ2v) is 8.34. The summed E-state index contributed by atoms with van der Waals surface area (Å²) in [6.45, 7) is 2.91.